The fourth-order valence-corrected chi connectivity index (χ4v) is 2.64. The number of hydrogen-bond acceptors (Lipinski definition) is 6. The van der Waals surface area contributed by atoms with Crippen molar-refractivity contribution in [3.05, 3.63) is 33.9 Å². The van der Waals surface area contributed by atoms with Crippen molar-refractivity contribution in [3.8, 4) is 0 Å². The predicted molar refractivity (Wildman–Crippen MR) is 82.9 cm³/mol. The summed E-state index contributed by atoms with van der Waals surface area (Å²) in [5.74, 6) is 5.30. The molecule has 0 bridgehead atoms. The molecule has 0 spiro atoms. The highest BCUT2D eigenvalue weighted by atomic mass is 16.6. The number of hydrazine groups is 1. The summed E-state index contributed by atoms with van der Waals surface area (Å²) in [6, 6.07) is 5.72. The van der Waals surface area contributed by atoms with Crippen molar-refractivity contribution in [2.45, 2.75) is 26.4 Å². The van der Waals surface area contributed by atoms with Crippen molar-refractivity contribution in [2.24, 2.45) is 5.84 Å². The third-order valence-corrected chi connectivity index (χ3v) is 3.96. The van der Waals surface area contributed by atoms with Crippen LogP contribution in [0.25, 0.3) is 0 Å². The van der Waals surface area contributed by atoms with E-state index in [9.17, 15) is 10.1 Å². The molecule has 1 aliphatic heterocycles. The van der Waals surface area contributed by atoms with Gasteiger partial charge in [-0.15, -0.1) is 0 Å². The van der Waals surface area contributed by atoms with Crippen LogP contribution in [-0.4, -0.2) is 46.9 Å². The van der Waals surface area contributed by atoms with Crippen LogP contribution < -0.4 is 11.3 Å². The molecular weight excluding hydrogens is 270 g/mol. The minimum absolute atomic E-state index is 0.0239. The third kappa shape index (κ3) is 3.90. The highest BCUT2D eigenvalue weighted by Crippen LogP contribution is 2.25. The number of benzene rings is 1. The summed E-state index contributed by atoms with van der Waals surface area (Å²) in [7, 11) is 0. The number of nitrogens with two attached hydrogens (primary N) is 1. The van der Waals surface area contributed by atoms with Gasteiger partial charge >= 0.3 is 0 Å². The van der Waals surface area contributed by atoms with Crippen molar-refractivity contribution in [1.29, 1.82) is 0 Å². The van der Waals surface area contributed by atoms with Gasteiger partial charge < -0.3 is 5.43 Å². The van der Waals surface area contributed by atoms with E-state index in [-0.39, 0.29) is 5.69 Å². The second-order valence-corrected chi connectivity index (χ2v) is 5.66. The molecule has 0 aromatic heterocycles. The molecule has 0 saturated carbocycles. The Kier molecular flexibility index (Phi) is 5.11. The molecule has 0 atom stereocenters. The van der Waals surface area contributed by atoms with Gasteiger partial charge in [-0.25, -0.2) is 0 Å². The molecule has 7 nitrogen and oxygen atoms in total. The molecule has 1 aromatic carbocycles. The van der Waals surface area contributed by atoms with Crippen LogP contribution in [-0.2, 0) is 6.54 Å². The van der Waals surface area contributed by atoms with Gasteiger partial charge in [0.2, 0.25) is 0 Å². The standard InChI is InChI=1S/C14H23N5O2/c1-11(2)18-7-5-17(6-8-18)10-12-3-4-13(16-15)14(9-12)19(20)21/h3-4,9,11,16H,5-8,10,15H2,1-2H3. The first kappa shape index (κ1) is 15.7. The van der Waals surface area contributed by atoms with Gasteiger partial charge in [0.1, 0.15) is 5.69 Å². The number of nitrogens with zero attached hydrogens (tertiary/aromatic N) is 3. The van der Waals surface area contributed by atoms with Gasteiger partial charge in [0.05, 0.1) is 4.92 Å². The van der Waals surface area contributed by atoms with Gasteiger partial charge in [-0.2, -0.15) is 0 Å². The lowest BCUT2D eigenvalue weighted by Gasteiger charge is -2.36. The van der Waals surface area contributed by atoms with Crippen molar-refractivity contribution in [3.63, 3.8) is 0 Å². The Hall–Kier alpha value is -1.70. The first-order chi connectivity index (χ1) is 10.0. The molecule has 21 heavy (non-hydrogen) atoms. The number of nitrogen functional groups attached to an aromatic ring is 1. The Bertz CT molecular complexity index is 498. The summed E-state index contributed by atoms with van der Waals surface area (Å²) in [5.41, 5.74) is 3.67. The molecule has 0 unspecified atom stereocenters. The Morgan fingerprint density at radius 2 is 2.00 bits per heavy atom. The quantitative estimate of drug-likeness (QED) is 0.485. The first-order valence-electron chi connectivity index (χ1n) is 7.21. The van der Waals surface area contributed by atoms with E-state index in [0.717, 1.165) is 38.3 Å². The normalized spacial score (nSPS) is 17.1. The Labute approximate surface area is 124 Å². The minimum atomic E-state index is -0.407. The summed E-state index contributed by atoms with van der Waals surface area (Å²) in [4.78, 5) is 15.4. The van der Waals surface area contributed by atoms with Crippen LogP contribution in [0.1, 0.15) is 19.4 Å². The lowest BCUT2D eigenvalue weighted by atomic mass is 10.1. The van der Waals surface area contributed by atoms with Gasteiger partial charge in [0.15, 0.2) is 0 Å². The summed E-state index contributed by atoms with van der Waals surface area (Å²) in [5, 5.41) is 11.0. The average Bonchev–Trinajstić information content (AvgIpc) is 2.47. The van der Waals surface area contributed by atoms with Gasteiger partial charge in [0.25, 0.3) is 5.69 Å². The Balaban J connectivity index is 2.01. The number of nitro benzene ring substituents is 1. The smallest absolute Gasteiger partial charge is 0.293 e. The number of hydrogen-bond donors (Lipinski definition) is 2. The van der Waals surface area contributed by atoms with E-state index < -0.39 is 4.92 Å². The molecule has 7 heteroatoms. The van der Waals surface area contributed by atoms with E-state index in [0.29, 0.717) is 11.7 Å². The highest BCUT2D eigenvalue weighted by Gasteiger charge is 2.20. The number of piperazine rings is 1. The fraction of sp³-hybridized carbons (Fsp3) is 0.571. The lowest BCUT2D eigenvalue weighted by molar-refractivity contribution is -0.384. The van der Waals surface area contributed by atoms with Gasteiger partial charge in [-0.05, 0) is 25.5 Å². The molecule has 1 fully saturated rings. The van der Waals surface area contributed by atoms with Crippen molar-refractivity contribution >= 4 is 11.4 Å². The zero-order chi connectivity index (χ0) is 15.4. The average molecular weight is 293 g/mol. The minimum Gasteiger partial charge on any atom is -0.318 e. The van der Waals surface area contributed by atoms with E-state index in [1.54, 1.807) is 12.1 Å². The fourth-order valence-electron chi connectivity index (χ4n) is 2.64. The van der Waals surface area contributed by atoms with E-state index in [4.69, 9.17) is 5.84 Å². The maximum atomic E-state index is 11.0. The molecule has 1 aliphatic rings. The number of anilines is 1. The van der Waals surface area contributed by atoms with Crippen molar-refractivity contribution < 1.29 is 4.92 Å². The van der Waals surface area contributed by atoms with Gasteiger partial charge in [-0.3, -0.25) is 25.8 Å². The van der Waals surface area contributed by atoms with Crippen LogP contribution in [0.15, 0.2) is 18.2 Å². The topological polar surface area (TPSA) is 87.7 Å². The molecule has 2 rings (SSSR count). The molecule has 1 aromatic rings. The van der Waals surface area contributed by atoms with E-state index in [1.165, 1.54) is 0 Å². The zero-order valence-electron chi connectivity index (χ0n) is 12.6. The van der Waals surface area contributed by atoms with E-state index >= 15 is 0 Å². The number of rotatable bonds is 5. The molecular formula is C14H23N5O2. The molecule has 0 amide bonds. The zero-order valence-corrected chi connectivity index (χ0v) is 12.6. The maximum Gasteiger partial charge on any atom is 0.293 e. The number of nitro groups is 1. The van der Waals surface area contributed by atoms with E-state index in [1.807, 2.05) is 6.07 Å². The van der Waals surface area contributed by atoms with Crippen LogP contribution in [0.2, 0.25) is 0 Å². The third-order valence-electron chi connectivity index (χ3n) is 3.96. The molecule has 0 radical (unpaired) electrons. The van der Waals surface area contributed by atoms with Crippen molar-refractivity contribution in [2.75, 3.05) is 31.6 Å². The Morgan fingerprint density at radius 3 is 2.52 bits per heavy atom. The van der Waals surface area contributed by atoms with Crippen molar-refractivity contribution in [1.82, 2.24) is 9.80 Å². The maximum absolute atomic E-state index is 11.0. The van der Waals surface area contributed by atoms with Crippen LogP contribution in [0.3, 0.4) is 0 Å². The SMILES string of the molecule is CC(C)N1CCN(Cc2ccc(NN)c([N+](=O)[O-])c2)CC1. The Morgan fingerprint density at radius 1 is 1.33 bits per heavy atom. The molecule has 1 heterocycles. The van der Waals surface area contributed by atoms with Crippen LogP contribution >= 0.6 is 0 Å². The van der Waals surface area contributed by atoms with Gasteiger partial charge in [0, 0.05) is 44.8 Å². The molecule has 1 saturated heterocycles. The lowest BCUT2D eigenvalue weighted by Crippen LogP contribution is -2.48. The predicted octanol–water partition coefficient (Wildman–Crippen LogP) is 1.41. The van der Waals surface area contributed by atoms with Crippen LogP contribution in [0.5, 0.6) is 0 Å². The first-order valence-corrected chi connectivity index (χ1v) is 7.21. The second kappa shape index (κ2) is 6.84. The molecule has 0 aliphatic carbocycles. The second-order valence-electron chi connectivity index (χ2n) is 5.66. The summed E-state index contributed by atoms with van der Waals surface area (Å²) in [6.45, 7) is 9.21. The molecule has 116 valence electrons. The number of nitrogens with one attached hydrogen (secondary N) is 1. The summed E-state index contributed by atoms with van der Waals surface area (Å²) in [6.07, 6.45) is 0. The summed E-state index contributed by atoms with van der Waals surface area (Å²) < 4.78 is 0. The van der Waals surface area contributed by atoms with Crippen LogP contribution in [0, 0.1) is 10.1 Å². The molecule has 3 N–H and O–H groups in total. The summed E-state index contributed by atoms with van der Waals surface area (Å²) >= 11 is 0. The monoisotopic (exact) mass is 293 g/mol. The highest BCUT2D eigenvalue weighted by molar-refractivity contribution is 5.61. The van der Waals surface area contributed by atoms with Gasteiger partial charge in [-0.1, -0.05) is 6.07 Å². The van der Waals surface area contributed by atoms with E-state index in [2.05, 4.69) is 29.1 Å². The largest absolute Gasteiger partial charge is 0.318 e. The van der Waals surface area contributed by atoms with Crippen LogP contribution in [0.4, 0.5) is 11.4 Å².